The summed E-state index contributed by atoms with van der Waals surface area (Å²) in [4.78, 5) is 1.48. The highest BCUT2D eigenvalue weighted by atomic mass is 79.9. The highest BCUT2D eigenvalue weighted by Crippen LogP contribution is 2.22. The van der Waals surface area contributed by atoms with E-state index in [9.17, 15) is 0 Å². The molecule has 0 spiro atoms. The largest absolute Gasteiger partial charge is 0.319 e. The maximum Gasteiger partial charge on any atom is 0.183 e. The summed E-state index contributed by atoms with van der Waals surface area (Å²) in [6, 6.07) is 8.19. The van der Waals surface area contributed by atoms with Gasteiger partial charge in [-0.05, 0) is 30.0 Å². The average Bonchev–Trinajstić information content (AvgIpc) is 2.74. The third kappa shape index (κ3) is 2.89. The van der Waals surface area contributed by atoms with Gasteiger partial charge in [0.05, 0.1) is 13.0 Å². The highest BCUT2D eigenvalue weighted by molar-refractivity contribution is 9.10. The van der Waals surface area contributed by atoms with E-state index in [4.69, 9.17) is 0 Å². The van der Waals surface area contributed by atoms with Gasteiger partial charge in [-0.2, -0.15) is 4.80 Å². The first-order chi connectivity index (χ1) is 8.20. The summed E-state index contributed by atoms with van der Waals surface area (Å²) in [6.07, 6.45) is 0. The van der Waals surface area contributed by atoms with Crippen molar-refractivity contribution >= 4 is 15.9 Å². The van der Waals surface area contributed by atoms with Crippen molar-refractivity contribution < 1.29 is 0 Å². The van der Waals surface area contributed by atoms with E-state index >= 15 is 0 Å². The van der Waals surface area contributed by atoms with Crippen molar-refractivity contribution in [1.29, 1.82) is 0 Å². The van der Waals surface area contributed by atoms with Gasteiger partial charge in [0, 0.05) is 11.0 Å². The minimum Gasteiger partial charge on any atom is -0.319 e. The van der Waals surface area contributed by atoms with Crippen LogP contribution in [-0.4, -0.2) is 33.8 Å². The lowest BCUT2D eigenvalue weighted by atomic mass is 9.98. The Kier molecular flexibility index (Phi) is 3.86. The number of rotatable bonds is 4. The van der Waals surface area contributed by atoms with E-state index in [-0.39, 0.29) is 5.92 Å². The van der Waals surface area contributed by atoms with Crippen molar-refractivity contribution in [3.63, 3.8) is 0 Å². The Morgan fingerprint density at radius 1 is 1.35 bits per heavy atom. The standard InChI is InChI=1S/C11H14BrN5/c1-13-7-10(11-14-16-17(2)15-11)8-3-5-9(12)6-4-8/h3-6,10,13H,7H2,1-2H3. The lowest BCUT2D eigenvalue weighted by molar-refractivity contribution is 0.619. The van der Waals surface area contributed by atoms with Crippen LogP contribution in [0, 0.1) is 0 Å². The number of halogens is 1. The molecule has 1 heterocycles. The van der Waals surface area contributed by atoms with Gasteiger partial charge in [0.25, 0.3) is 0 Å². The van der Waals surface area contributed by atoms with Crippen molar-refractivity contribution in [1.82, 2.24) is 25.5 Å². The number of likely N-dealkylation sites (N-methyl/N-ethyl adjacent to an activating group) is 1. The van der Waals surface area contributed by atoms with Crippen LogP contribution in [0.5, 0.6) is 0 Å². The molecule has 0 bridgehead atoms. The molecule has 0 aliphatic carbocycles. The third-order valence-electron chi connectivity index (χ3n) is 2.52. The Hall–Kier alpha value is -1.27. The van der Waals surface area contributed by atoms with Crippen LogP contribution in [0.2, 0.25) is 0 Å². The molecule has 1 aromatic heterocycles. The van der Waals surface area contributed by atoms with Crippen LogP contribution in [0.25, 0.3) is 0 Å². The Morgan fingerprint density at radius 3 is 2.59 bits per heavy atom. The molecule has 2 aromatic rings. The first-order valence-corrected chi connectivity index (χ1v) is 6.14. The molecule has 1 aromatic carbocycles. The van der Waals surface area contributed by atoms with Crippen LogP contribution < -0.4 is 5.32 Å². The molecule has 0 radical (unpaired) electrons. The van der Waals surface area contributed by atoms with E-state index in [2.05, 4.69) is 48.8 Å². The summed E-state index contributed by atoms with van der Waals surface area (Å²) in [7, 11) is 3.69. The molecule has 0 aliphatic heterocycles. The van der Waals surface area contributed by atoms with Gasteiger partial charge in [0.15, 0.2) is 5.82 Å². The SMILES string of the molecule is CNCC(c1ccc(Br)cc1)c1nnn(C)n1. The van der Waals surface area contributed by atoms with Gasteiger partial charge in [-0.25, -0.2) is 0 Å². The zero-order valence-electron chi connectivity index (χ0n) is 9.76. The van der Waals surface area contributed by atoms with E-state index < -0.39 is 0 Å². The fourth-order valence-electron chi connectivity index (χ4n) is 1.70. The molecule has 2 rings (SSSR count). The number of aromatic nitrogens is 4. The normalized spacial score (nSPS) is 12.6. The first kappa shape index (κ1) is 12.2. The lowest BCUT2D eigenvalue weighted by Gasteiger charge is -2.12. The second kappa shape index (κ2) is 5.37. The molecule has 1 unspecified atom stereocenters. The topological polar surface area (TPSA) is 55.6 Å². The second-order valence-corrected chi connectivity index (χ2v) is 4.71. The van der Waals surface area contributed by atoms with Gasteiger partial charge in [-0.15, -0.1) is 10.2 Å². The summed E-state index contributed by atoms with van der Waals surface area (Å²) >= 11 is 3.43. The molecule has 17 heavy (non-hydrogen) atoms. The minimum absolute atomic E-state index is 0.127. The van der Waals surface area contributed by atoms with E-state index in [0.29, 0.717) is 0 Å². The third-order valence-corrected chi connectivity index (χ3v) is 3.04. The van der Waals surface area contributed by atoms with E-state index in [1.54, 1.807) is 7.05 Å². The van der Waals surface area contributed by atoms with Gasteiger partial charge in [-0.3, -0.25) is 0 Å². The zero-order chi connectivity index (χ0) is 12.3. The van der Waals surface area contributed by atoms with Crippen molar-refractivity contribution in [3.05, 3.63) is 40.1 Å². The molecule has 0 saturated carbocycles. The molecule has 0 saturated heterocycles. The fraction of sp³-hybridized carbons (Fsp3) is 0.364. The smallest absolute Gasteiger partial charge is 0.183 e. The predicted octanol–water partition coefficient (Wildman–Crippen LogP) is 1.32. The molecular weight excluding hydrogens is 282 g/mol. The number of aryl methyl sites for hydroxylation is 1. The van der Waals surface area contributed by atoms with Gasteiger partial charge in [-0.1, -0.05) is 28.1 Å². The van der Waals surface area contributed by atoms with Crippen LogP contribution in [0.1, 0.15) is 17.3 Å². The Labute approximate surface area is 108 Å². The Balaban J connectivity index is 2.31. The van der Waals surface area contributed by atoms with Gasteiger partial charge in [0.2, 0.25) is 0 Å². The second-order valence-electron chi connectivity index (χ2n) is 3.80. The molecular formula is C11H14BrN5. The summed E-state index contributed by atoms with van der Waals surface area (Å²) in [6.45, 7) is 0.785. The summed E-state index contributed by atoms with van der Waals surface area (Å²) in [5, 5.41) is 15.4. The van der Waals surface area contributed by atoms with E-state index in [1.807, 2.05) is 19.2 Å². The number of nitrogens with one attached hydrogen (secondary N) is 1. The summed E-state index contributed by atoms with van der Waals surface area (Å²) in [5.41, 5.74) is 1.18. The Morgan fingerprint density at radius 2 is 2.06 bits per heavy atom. The molecule has 0 aliphatic rings. The van der Waals surface area contributed by atoms with Gasteiger partial charge in [0.1, 0.15) is 0 Å². The van der Waals surface area contributed by atoms with Crippen LogP contribution in [-0.2, 0) is 7.05 Å². The molecule has 1 N–H and O–H groups in total. The molecule has 0 fully saturated rings. The molecule has 1 atom stereocenters. The van der Waals surface area contributed by atoms with Crippen LogP contribution in [0.4, 0.5) is 0 Å². The Bertz CT molecular complexity index is 479. The maximum absolute atomic E-state index is 4.27. The number of hydrogen-bond acceptors (Lipinski definition) is 4. The number of hydrogen-bond donors (Lipinski definition) is 1. The van der Waals surface area contributed by atoms with Crippen LogP contribution >= 0.6 is 15.9 Å². The number of benzene rings is 1. The average molecular weight is 296 g/mol. The van der Waals surface area contributed by atoms with Crippen LogP contribution in [0.15, 0.2) is 28.7 Å². The highest BCUT2D eigenvalue weighted by Gasteiger charge is 2.18. The van der Waals surface area contributed by atoms with E-state index in [0.717, 1.165) is 16.8 Å². The molecule has 0 amide bonds. The minimum atomic E-state index is 0.127. The number of nitrogens with zero attached hydrogens (tertiary/aromatic N) is 4. The van der Waals surface area contributed by atoms with Gasteiger partial charge >= 0.3 is 0 Å². The summed E-state index contributed by atoms with van der Waals surface area (Å²) < 4.78 is 1.07. The van der Waals surface area contributed by atoms with Crippen LogP contribution in [0.3, 0.4) is 0 Å². The monoisotopic (exact) mass is 295 g/mol. The fourth-order valence-corrected chi connectivity index (χ4v) is 1.96. The van der Waals surface area contributed by atoms with E-state index in [1.165, 1.54) is 10.4 Å². The van der Waals surface area contributed by atoms with Crippen molar-refractivity contribution in [2.45, 2.75) is 5.92 Å². The first-order valence-electron chi connectivity index (χ1n) is 5.34. The summed E-state index contributed by atoms with van der Waals surface area (Å²) in [5.74, 6) is 0.867. The van der Waals surface area contributed by atoms with Crippen molar-refractivity contribution in [3.8, 4) is 0 Å². The zero-order valence-corrected chi connectivity index (χ0v) is 11.3. The molecule has 6 heteroatoms. The quantitative estimate of drug-likeness (QED) is 0.924. The van der Waals surface area contributed by atoms with Gasteiger partial charge < -0.3 is 5.32 Å². The molecule has 5 nitrogen and oxygen atoms in total. The van der Waals surface area contributed by atoms with Crippen molar-refractivity contribution in [2.24, 2.45) is 7.05 Å². The predicted molar refractivity (Wildman–Crippen MR) is 68.7 cm³/mol. The number of tetrazole rings is 1. The maximum atomic E-state index is 4.27. The van der Waals surface area contributed by atoms with Crippen molar-refractivity contribution in [2.75, 3.05) is 13.6 Å². The lowest BCUT2D eigenvalue weighted by Crippen LogP contribution is -2.19. The molecule has 90 valence electrons.